The molecule has 2 bridgehead atoms. The highest BCUT2D eigenvalue weighted by Crippen LogP contribution is 2.48. The highest BCUT2D eigenvalue weighted by Gasteiger charge is 2.42. The lowest BCUT2D eigenvalue weighted by molar-refractivity contribution is -0.126. The number of carbonyl (C=O) groups is 1. The van der Waals surface area contributed by atoms with Gasteiger partial charge in [0.15, 0.2) is 0 Å². The fourth-order valence-corrected chi connectivity index (χ4v) is 3.48. The molecule has 0 spiro atoms. The third-order valence-corrected chi connectivity index (χ3v) is 4.43. The number of amides is 1. The van der Waals surface area contributed by atoms with Crippen LogP contribution in [0.1, 0.15) is 44.9 Å². The molecular formula is C13H22N2OS. The van der Waals surface area contributed by atoms with Gasteiger partial charge in [0.1, 0.15) is 0 Å². The van der Waals surface area contributed by atoms with E-state index in [-0.39, 0.29) is 5.91 Å². The van der Waals surface area contributed by atoms with Gasteiger partial charge in [-0.2, -0.15) is 0 Å². The molecule has 0 heterocycles. The van der Waals surface area contributed by atoms with E-state index < -0.39 is 0 Å². The second-order valence-corrected chi connectivity index (χ2v) is 6.02. The van der Waals surface area contributed by atoms with Crippen LogP contribution in [0.25, 0.3) is 0 Å². The predicted octanol–water partition coefficient (Wildman–Crippen LogP) is 2.00. The number of rotatable bonds is 6. The summed E-state index contributed by atoms with van der Waals surface area (Å²) in [6, 6.07) is 0. The molecule has 1 amide bonds. The molecule has 2 saturated carbocycles. The third kappa shape index (κ3) is 3.41. The summed E-state index contributed by atoms with van der Waals surface area (Å²) in [5.74, 6) is 2.11. The average Bonchev–Trinajstić information content (AvgIpc) is 2.89. The molecule has 0 aliphatic heterocycles. The first-order chi connectivity index (χ1) is 8.16. The molecule has 2 aliphatic rings. The van der Waals surface area contributed by atoms with Crippen LogP contribution < -0.4 is 11.1 Å². The Hall–Kier alpha value is -0.640. The standard InChI is InChI=1S/C13H22N2OS/c14-12(17)3-1-2-6-15-13(16)11-8-9-4-5-10(11)7-9/h9-11H,1-8H2,(H2,14,17)(H,15,16). The monoisotopic (exact) mass is 254 g/mol. The van der Waals surface area contributed by atoms with Crippen molar-refractivity contribution in [3.8, 4) is 0 Å². The maximum absolute atomic E-state index is 12.0. The molecule has 3 atom stereocenters. The molecule has 3 nitrogen and oxygen atoms in total. The van der Waals surface area contributed by atoms with Crippen LogP contribution in [-0.2, 0) is 4.79 Å². The Morgan fingerprint density at radius 3 is 2.71 bits per heavy atom. The van der Waals surface area contributed by atoms with Crippen molar-refractivity contribution in [3.05, 3.63) is 0 Å². The maximum atomic E-state index is 12.0. The van der Waals surface area contributed by atoms with Gasteiger partial charge < -0.3 is 11.1 Å². The molecule has 3 N–H and O–H groups in total. The Morgan fingerprint density at radius 2 is 2.12 bits per heavy atom. The zero-order valence-corrected chi connectivity index (χ0v) is 11.1. The van der Waals surface area contributed by atoms with Crippen LogP contribution in [-0.4, -0.2) is 17.4 Å². The lowest BCUT2D eigenvalue weighted by atomic mass is 9.88. The fourth-order valence-electron chi connectivity index (χ4n) is 3.33. The molecule has 0 radical (unpaired) electrons. The largest absolute Gasteiger partial charge is 0.393 e. The maximum Gasteiger partial charge on any atom is 0.223 e. The van der Waals surface area contributed by atoms with E-state index in [1.165, 1.54) is 19.3 Å². The summed E-state index contributed by atoms with van der Waals surface area (Å²) in [6.45, 7) is 0.773. The Morgan fingerprint density at radius 1 is 1.29 bits per heavy atom. The zero-order valence-electron chi connectivity index (χ0n) is 10.3. The van der Waals surface area contributed by atoms with E-state index in [2.05, 4.69) is 5.32 Å². The number of nitrogens with one attached hydrogen (secondary N) is 1. The number of thiocarbonyl (C=S) groups is 1. The average molecular weight is 254 g/mol. The molecule has 17 heavy (non-hydrogen) atoms. The van der Waals surface area contributed by atoms with Crippen LogP contribution in [0.15, 0.2) is 0 Å². The quantitative estimate of drug-likeness (QED) is 0.563. The van der Waals surface area contributed by atoms with E-state index in [9.17, 15) is 4.79 Å². The number of nitrogens with two attached hydrogens (primary N) is 1. The van der Waals surface area contributed by atoms with Crippen molar-refractivity contribution in [2.24, 2.45) is 23.5 Å². The van der Waals surface area contributed by atoms with Crippen LogP contribution in [0.5, 0.6) is 0 Å². The Labute approximate surface area is 109 Å². The number of carbonyl (C=O) groups excluding carboxylic acids is 1. The highest BCUT2D eigenvalue weighted by molar-refractivity contribution is 7.80. The van der Waals surface area contributed by atoms with Gasteiger partial charge in [-0.1, -0.05) is 18.6 Å². The summed E-state index contributed by atoms with van der Waals surface area (Å²) < 4.78 is 0. The van der Waals surface area contributed by atoms with Crippen LogP contribution >= 0.6 is 12.2 Å². The molecule has 4 heteroatoms. The first-order valence-corrected chi connectivity index (χ1v) is 7.13. The first-order valence-electron chi connectivity index (χ1n) is 6.73. The smallest absolute Gasteiger partial charge is 0.223 e. The summed E-state index contributed by atoms with van der Waals surface area (Å²) in [5, 5.41) is 3.06. The predicted molar refractivity (Wildman–Crippen MR) is 72.6 cm³/mol. The number of fused-ring (bicyclic) bond motifs is 2. The SMILES string of the molecule is NC(=S)CCCCNC(=O)C1CC2CCC1C2. The molecule has 2 fully saturated rings. The van der Waals surface area contributed by atoms with Crippen molar-refractivity contribution in [1.82, 2.24) is 5.32 Å². The van der Waals surface area contributed by atoms with E-state index in [1.807, 2.05) is 0 Å². The van der Waals surface area contributed by atoms with Crippen LogP contribution in [0.2, 0.25) is 0 Å². The Kier molecular flexibility index (Phi) is 4.37. The van der Waals surface area contributed by atoms with E-state index in [4.69, 9.17) is 18.0 Å². The Balaban J connectivity index is 1.60. The van der Waals surface area contributed by atoms with Crippen molar-refractivity contribution in [3.63, 3.8) is 0 Å². The van der Waals surface area contributed by atoms with Gasteiger partial charge in [0.25, 0.3) is 0 Å². The lowest BCUT2D eigenvalue weighted by Gasteiger charge is -2.20. The molecule has 0 saturated heterocycles. The third-order valence-electron chi connectivity index (χ3n) is 4.22. The Bertz CT molecular complexity index is 306. The minimum atomic E-state index is 0.285. The van der Waals surface area contributed by atoms with Crippen molar-refractivity contribution in [2.75, 3.05) is 6.54 Å². The zero-order chi connectivity index (χ0) is 12.3. The molecule has 3 unspecified atom stereocenters. The van der Waals surface area contributed by atoms with Gasteiger partial charge in [0, 0.05) is 12.5 Å². The van der Waals surface area contributed by atoms with Crippen LogP contribution in [0.4, 0.5) is 0 Å². The molecule has 2 rings (SSSR count). The van der Waals surface area contributed by atoms with Gasteiger partial charge in [-0.15, -0.1) is 0 Å². The van der Waals surface area contributed by atoms with Crippen LogP contribution in [0.3, 0.4) is 0 Å². The van der Waals surface area contributed by atoms with Gasteiger partial charge in [0.2, 0.25) is 5.91 Å². The minimum absolute atomic E-state index is 0.285. The van der Waals surface area contributed by atoms with Gasteiger partial charge in [0.05, 0.1) is 4.99 Å². The van der Waals surface area contributed by atoms with E-state index >= 15 is 0 Å². The molecule has 0 aromatic rings. The van der Waals surface area contributed by atoms with E-state index in [0.717, 1.165) is 38.1 Å². The highest BCUT2D eigenvalue weighted by atomic mass is 32.1. The number of hydrogen-bond donors (Lipinski definition) is 2. The van der Waals surface area contributed by atoms with Gasteiger partial charge in [-0.25, -0.2) is 0 Å². The molecular weight excluding hydrogens is 232 g/mol. The van der Waals surface area contributed by atoms with Gasteiger partial charge in [-0.3, -0.25) is 4.79 Å². The topological polar surface area (TPSA) is 55.1 Å². The summed E-state index contributed by atoms with van der Waals surface area (Å²) in [5.41, 5.74) is 5.42. The fraction of sp³-hybridized carbons (Fsp3) is 0.846. The van der Waals surface area contributed by atoms with E-state index in [1.54, 1.807) is 0 Å². The molecule has 96 valence electrons. The van der Waals surface area contributed by atoms with Crippen molar-refractivity contribution in [2.45, 2.75) is 44.9 Å². The first kappa shape index (κ1) is 12.8. The van der Waals surface area contributed by atoms with Crippen LogP contribution in [0, 0.1) is 17.8 Å². The normalized spacial score (nSPS) is 30.5. The van der Waals surface area contributed by atoms with Crippen molar-refractivity contribution < 1.29 is 4.79 Å². The lowest BCUT2D eigenvalue weighted by Crippen LogP contribution is -2.34. The second kappa shape index (κ2) is 5.80. The molecule has 2 aliphatic carbocycles. The molecule has 0 aromatic heterocycles. The number of unbranched alkanes of at least 4 members (excludes halogenated alkanes) is 1. The summed E-state index contributed by atoms with van der Waals surface area (Å²) in [6.07, 6.45) is 7.78. The molecule has 0 aromatic carbocycles. The minimum Gasteiger partial charge on any atom is -0.393 e. The summed E-state index contributed by atoms with van der Waals surface area (Å²) in [7, 11) is 0. The summed E-state index contributed by atoms with van der Waals surface area (Å²) in [4.78, 5) is 12.5. The van der Waals surface area contributed by atoms with Crippen molar-refractivity contribution >= 4 is 23.1 Å². The van der Waals surface area contributed by atoms with E-state index in [0.29, 0.717) is 16.8 Å². The van der Waals surface area contributed by atoms with Crippen molar-refractivity contribution in [1.29, 1.82) is 0 Å². The summed E-state index contributed by atoms with van der Waals surface area (Å²) >= 11 is 4.81. The second-order valence-electron chi connectivity index (χ2n) is 5.50. The van der Waals surface area contributed by atoms with Gasteiger partial charge in [-0.05, 0) is 50.4 Å². The van der Waals surface area contributed by atoms with Gasteiger partial charge >= 0.3 is 0 Å². The number of hydrogen-bond acceptors (Lipinski definition) is 2.